The van der Waals surface area contributed by atoms with Gasteiger partial charge in [0, 0.05) is 31.7 Å². The fourth-order valence-electron chi connectivity index (χ4n) is 8.64. The highest BCUT2D eigenvalue weighted by molar-refractivity contribution is 5.98. The average molecular weight is 694 g/mol. The van der Waals surface area contributed by atoms with Gasteiger partial charge in [-0.3, -0.25) is 19.2 Å². The number of rotatable bonds is 19. The SMILES string of the molecule is C=CCCC(=O)NC[C@H](OC(=O)[C@@H]1[C@@H]2CC[C@]3(O2)[C@H](C(=O)N(CC=C)C(C)(C)CC(C)(C)C)N(CCCCCCO)C(=O)[C@@H]13)c1ccccc1. The van der Waals surface area contributed by atoms with Crippen molar-refractivity contribution in [2.75, 3.05) is 26.2 Å². The van der Waals surface area contributed by atoms with Crippen LogP contribution in [0.5, 0.6) is 0 Å². The van der Waals surface area contributed by atoms with Gasteiger partial charge in [0.15, 0.2) is 0 Å². The Kier molecular flexibility index (Phi) is 13.1. The van der Waals surface area contributed by atoms with Crippen LogP contribution in [0.25, 0.3) is 0 Å². The van der Waals surface area contributed by atoms with E-state index in [0.717, 1.165) is 24.8 Å². The summed E-state index contributed by atoms with van der Waals surface area (Å²) in [5.41, 5.74) is -1.06. The topological polar surface area (TPSA) is 125 Å². The van der Waals surface area contributed by atoms with Crippen LogP contribution < -0.4 is 5.32 Å². The average Bonchev–Trinajstić information content (AvgIpc) is 3.70. The van der Waals surface area contributed by atoms with Gasteiger partial charge in [0.2, 0.25) is 17.7 Å². The first kappa shape index (κ1) is 39.3. The second-order valence-electron chi connectivity index (χ2n) is 16.0. The van der Waals surface area contributed by atoms with E-state index in [-0.39, 0.29) is 42.7 Å². The third-order valence-corrected chi connectivity index (χ3v) is 10.4. The Balaban J connectivity index is 1.66. The zero-order chi connectivity index (χ0) is 36.7. The minimum Gasteiger partial charge on any atom is -0.455 e. The fraction of sp³-hybridized carbons (Fsp3) is 0.650. The Bertz CT molecular complexity index is 1370. The molecule has 0 aliphatic carbocycles. The Morgan fingerprint density at radius 1 is 1.10 bits per heavy atom. The molecule has 4 rings (SSSR count). The number of hydrogen-bond donors (Lipinski definition) is 2. The first-order chi connectivity index (χ1) is 23.7. The largest absolute Gasteiger partial charge is 0.455 e. The van der Waals surface area contributed by atoms with Crippen molar-refractivity contribution in [1.82, 2.24) is 15.1 Å². The summed E-state index contributed by atoms with van der Waals surface area (Å²) in [6.07, 6.45) is 7.54. The van der Waals surface area contributed by atoms with Crippen molar-refractivity contribution in [1.29, 1.82) is 0 Å². The molecule has 3 heterocycles. The normalized spacial score (nSPS) is 24.8. The molecule has 1 aromatic carbocycles. The molecule has 0 saturated carbocycles. The van der Waals surface area contributed by atoms with Crippen LogP contribution in [0.1, 0.15) is 104 Å². The summed E-state index contributed by atoms with van der Waals surface area (Å²) in [7, 11) is 0. The van der Waals surface area contributed by atoms with E-state index in [2.05, 4.69) is 53.1 Å². The number of allylic oxidation sites excluding steroid dienone is 1. The molecular weight excluding hydrogens is 634 g/mol. The van der Waals surface area contributed by atoms with Gasteiger partial charge in [0.1, 0.15) is 17.7 Å². The highest BCUT2D eigenvalue weighted by atomic mass is 16.6. The Labute approximate surface area is 298 Å². The number of carbonyl (C=O) groups is 4. The maximum Gasteiger partial charge on any atom is 0.313 e. The second kappa shape index (κ2) is 16.7. The number of fused-ring (bicyclic) bond motifs is 1. The minimum absolute atomic E-state index is 0.0699. The van der Waals surface area contributed by atoms with Crippen LogP contribution in [0.2, 0.25) is 0 Å². The van der Waals surface area contributed by atoms with E-state index in [1.165, 1.54) is 0 Å². The smallest absolute Gasteiger partial charge is 0.313 e. The number of aliphatic hydroxyl groups is 1. The maximum absolute atomic E-state index is 15.0. The van der Waals surface area contributed by atoms with Crippen LogP contribution in [0.4, 0.5) is 0 Å². The number of ether oxygens (including phenoxy) is 2. The number of aliphatic hydroxyl groups excluding tert-OH is 1. The monoisotopic (exact) mass is 693 g/mol. The predicted octanol–water partition coefficient (Wildman–Crippen LogP) is 5.51. The fourth-order valence-corrected chi connectivity index (χ4v) is 8.64. The van der Waals surface area contributed by atoms with E-state index < -0.39 is 47.2 Å². The van der Waals surface area contributed by atoms with Gasteiger partial charge in [0.05, 0.1) is 24.5 Å². The van der Waals surface area contributed by atoms with Crippen LogP contribution in [-0.4, -0.2) is 88.1 Å². The summed E-state index contributed by atoms with van der Waals surface area (Å²) in [6, 6.07) is 8.34. The van der Waals surface area contributed by atoms with Crippen molar-refractivity contribution in [3.05, 3.63) is 61.2 Å². The number of carbonyl (C=O) groups excluding carboxylic acids is 4. The predicted molar refractivity (Wildman–Crippen MR) is 193 cm³/mol. The molecule has 276 valence electrons. The number of benzene rings is 1. The summed E-state index contributed by atoms with van der Waals surface area (Å²) in [5, 5.41) is 12.2. The number of nitrogens with one attached hydrogen (secondary N) is 1. The first-order valence-corrected chi connectivity index (χ1v) is 18.4. The molecule has 10 nitrogen and oxygen atoms in total. The van der Waals surface area contributed by atoms with Crippen molar-refractivity contribution in [3.63, 3.8) is 0 Å². The summed E-state index contributed by atoms with van der Waals surface area (Å²) in [4.78, 5) is 59.8. The highest BCUT2D eigenvalue weighted by Crippen LogP contribution is 2.59. The molecule has 3 aliphatic rings. The van der Waals surface area contributed by atoms with Gasteiger partial charge in [-0.2, -0.15) is 0 Å². The zero-order valence-corrected chi connectivity index (χ0v) is 30.8. The summed E-state index contributed by atoms with van der Waals surface area (Å²) >= 11 is 0. The molecule has 1 spiro atoms. The van der Waals surface area contributed by atoms with Crippen LogP contribution >= 0.6 is 0 Å². The van der Waals surface area contributed by atoms with Crippen LogP contribution in [0.3, 0.4) is 0 Å². The molecular formula is C40H59N3O7. The van der Waals surface area contributed by atoms with Crippen molar-refractivity contribution >= 4 is 23.7 Å². The molecule has 3 saturated heterocycles. The van der Waals surface area contributed by atoms with Gasteiger partial charge >= 0.3 is 5.97 Å². The first-order valence-electron chi connectivity index (χ1n) is 18.4. The lowest BCUT2D eigenvalue weighted by Crippen LogP contribution is -2.61. The van der Waals surface area contributed by atoms with Crippen molar-refractivity contribution in [2.45, 2.75) is 122 Å². The lowest BCUT2D eigenvalue weighted by molar-refractivity contribution is -0.160. The zero-order valence-electron chi connectivity index (χ0n) is 30.8. The number of nitrogens with zero attached hydrogens (tertiary/aromatic N) is 2. The lowest BCUT2D eigenvalue weighted by Gasteiger charge is -2.45. The lowest BCUT2D eigenvalue weighted by atomic mass is 9.70. The van der Waals surface area contributed by atoms with Crippen LogP contribution in [0, 0.1) is 17.3 Å². The number of likely N-dealkylation sites (tertiary alicyclic amines) is 1. The molecule has 1 aromatic rings. The second-order valence-corrected chi connectivity index (χ2v) is 16.0. The Hall–Kier alpha value is -3.50. The molecule has 0 radical (unpaired) electrons. The molecule has 0 aromatic heterocycles. The maximum atomic E-state index is 15.0. The Morgan fingerprint density at radius 2 is 1.80 bits per heavy atom. The number of amides is 3. The van der Waals surface area contributed by atoms with Crippen LogP contribution in [0.15, 0.2) is 55.6 Å². The van der Waals surface area contributed by atoms with Gasteiger partial charge < -0.3 is 29.7 Å². The van der Waals surface area contributed by atoms with Gasteiger partial charge in [0.25, 0.3) is 0 Å². The molecule has 50 heavy (non-hydrogen) atoms. The van der Waals surface area contributed by atoms with Crippen LogP contribution in [-0.2, 0) is 28.7 Å². The van der Waals surface area contributed by atoms with E-state index in [1.54, 1.807) is 17.1 Å². The van der Waals surface area contributed by atoms with Gasteiger partial charge in [-0.15, -0.1) is 13.2 Å². The van der Waals surface area contributed by atoms with Crippen molar-refractivity contribution < 1.29 is 33.8 Å². The summed E-state index contributed by atoms with van der Waals surface area (Å²) in [5.74, 6) is -2.93. The molecule has 3 aliphatic heterocycles. The van der Waals surface area contributed by atoms with Gasteiger partial charge in [-0.25, -0.2) is 0 Å². The van der Waals surface area contributed by atoms with Gasteiger partial charge in [-0.05, 0) is 63.4 Å². The standard InChI is InChI=1S/C40H59N3O7/c1-8-10-20-31(45)41-26-30(28-18-14-13-15-19-28)49-37(48)32-29-21-22-40(50-29)33(32)35(46)42(24-16-11-12-17-25-44)34(40)36(47)43(23-9-2)39(6,7)27-38(3,4)5/h8-9,13-15,18-19,29-30,32-34,44H,1-2,10-12,16-17,20-27H2,3-7H3,(H,41,45)/t29-,30-,32+,33+,34-,40+/m0/s1. The van der Waals surface area contributed by atoms with E-state index in [4.69, 9.17) is 9.47 Å². The van der Waals surface area contributed by atoms with Gasteiger partial charge in [-0.1, -0.05) is 76.1 Å². The van der Waals surface area contributed by atoms with E-state index >= 15 is 0 Å². The molecule has 0 unspecified atom stereocenters. The van der Waals surface area contributed by atoms with E-state index in [0.29, 0.717) is 45.2 Å². The van der Waals surface area contributed by atoms with E-state index in [9.17, 15) is 24.3 Å². The summed E-state index contributed by atoms with van der Waals surface area (Å²) < 4.78 is 12.9. The van der Waals surface area contributed by atoms with E-state index in [1.807, 2.05) is 35.2 Å². The minimum atomic E-state index is -1.16. The Morgan fingerprint density at radius 3 is 2.44 bits per heavy atom. The molecule has 2 N–H and O–H groups in total. The van der Waals surface area contributed by atoms with Crippen molar-refractivity contribution in [3.8, 4) is 0 Å². The molecule has 3 fully saturated rings. The van der Waals surface area contributed by atoms with Crippen molar-refractivity contribution in [2.24, 2.45) is 17.3 Å². The molecule has 3 amide bonds. The number of hydrogen-bond acceptors (Lipinski definition) is 7. The molecule has 6 atom stereocenters. The quantitative estimate of drug-likeness (QED) is 0.111. The molecule has 10 heteroatoms. The summed E-state index contributed by atoms with van der Waals surface area (Å²) in [6.45, 7) is 19.0. The number of unbranched alkanes of at least 4 members (excludes halogenated alkanes) is 3. The third kappa shape index (κ3) is 8.68. The highest BCUT2D eigenvalue weighted by Gasteiger charge is 2.75. The number of esters is 1. The molecule has 2 bridgehead atoms. The third-order valence-electron chi connectivity index (χ3n) is 10.4.